The number of fused-ring (bicyclic) bond motifs is 1. The smallest absolute Gasteiger partial charge is 0.0669 e. The van der Waals surface area contributed by atoms with Crippen molar-refractivity contribution in [2.45, 2.75) is 6.54 Å². The third kappa shape index (κ3) is 1.77. The third-order valence-electron chi connectivity index (χ3n) is 2.28. The zero-order valence-corrected chi connectivity index (χ0v) is 9.61. The monoisotopic (exact) mass is 225 g/mol. The molecule has 3 heteroatoms. The number of benzene rings is 1. The molecule has 0 aliphatic carbocycles. The maximum absolute atomic E-state index is 6.15. The van der Waals surface area contributed by atoms with Crippen molar-refractivity contribution in [2.75, 3.05) is 12.0 Å². The van der Waals surface area contributed by atoms with Gasteiger partial charge in [-0.25, -0.2) is 0 Å². The first kappa shape index (κ1) is 9.94. The fraction of sp³-hybridized carbons (Fsp3) is 0.273. The molecule has 1 aromatic carbocycles. The van der Waals surface area contributed by atoms with Crippen LogP contribution in [0.25, 0.3) is 10.9 Å². The highest BCUT2D eigenvalue weighted by Crippen LogP contribution is 2.24. The summed E-state index contributed by atoms with van der Waals surface area (Å²) in [5, 5.41) is 2.06. The summed E-state index contributed by atoms with van der Waals surface area (Å²) in [7, 11) is 0. The van der Waals surface area contributed by atoms with Gasteiger partial charge < -0.3 is 4.57 Å². The molecule has 2 rings (SSSR count). The number of para-hydroxylation sites is 1. The molecule has 0 atom stereocenters. The maximum Gasteiger partial charge on any atom is 0.0669 e. The summed E-state index contributed by atoms with van der Waals surface area (Å²) < 4.78 is 2.22. The molecular weight excluding hydrogens is 214 g/mol. The Bertz CT molecular complexity index is 436. The van der Waals surface area contributed by atoms with E-state index in [2.05, 4.69) is 29.2 Å². The summed E-state index contributed by atoms with van der Waals surface area (Å²) in [5.74, 6) is 1.12. The lowest BCUT2D eigenvalue weighted by Gasteiger charge is -2.04. The molecule has 0 fully saturated rings. The van der Waals surface area contributed by atoms with Crippen LogP contribution >= 0.6 is 23.4 Å². The second-order valence-corrected chi connectivity index (χ2v) is 4.57. The molecular formula is C11H12ClNS. The molecule has 0 saturated heterocycles. The van der Waals surface area contributed by atoms with E-state index < -0.39 is 0 Å². The largest absolute Gasteiger partial charge is 0.345 e. The van der Waals surface area contributed by atoms with Crippen molar-refractivity contribution in [3.8, 4) is 0 Å². The second-order valence-electron chi connectivity index (χ2n) is 3.18. The van der Waals surface area contributed by atoms with Crippen LogP contribution in [0.1, 0.15) is 0 Å². The number of hydrogen-bond donors (Lipinski definition) is 0. The zero-order valence-electron chi connectivity index (χ0n) is 8.03. The molecule has 2 aromatic rings. The summed E-state index contributed by atoms with van der Waals surface area (Å²) in [6, 6.07) is 8.14. The first-order valence-corrected chi connectivity index (χ1v) is 6.32. The molecule has 0 aliphatic rings. The Kier molecular flexibility index (Phi) is 3.04. The molecule has 0 spiro atoms. The Hall–Kier alpha value is -0.600. The molecule has 0 radical (unpaired) electrons. The van der Waals surface area contributed by atoms with E-state index in [0.717, 1.165) is 22.8 Å². The predicted molar refractivity (Wildman–Crippen MR) is 65.3 cm³/mol. The van der Waals surface area contributed by atoms with Crippen LogP contribution in [0.4, 0.5) is 0 Å². The van der Waals surface area contributed by atoms with E-state index in [-0.39, 0.29) is 0 Å². The fourth-order valence-electron chi connectivity index (χ4n) is 1.59. The van der Waals surface area contributed by atoms with E-state index in [0.29, 0.717) is 0 Å². The molecule has 0 N–H and O–H groups in total. The molecule has 1 aromatic heterocycles. The topological polar surface area (TPSA) is 4.93 Å². The number of hydrogen-bond acceptors (Lipinski definition) is 1. The van der Waals surface area contributed by atoms with E-state index >= 15 is 0 Å². The van der Waals surface area contributed by atoms with Gasteiger partial charge in [0, 0.05) is 23.9 Å². The molecule has 0 unspecified atom stereocenters. The van der Waals surface area contributed by atoms with Crippen molar-refractivity contribution in [1.82, 2.24) is 4.57 Å². The summed E-state index contributed by atoms with van der Waals surface area (Å²) in [6.07, 6.45) is 4.22. The number of rotatable bonds is 3. The number of nitrogens with zero attached hydrogens (tertiary/aromatic N) is 1. The van der Waals surface area contributed by atoms with Crippen LogP contribution in [0.2, 0.25) is 5.02 Å². The van der Waals surface area contributed by atoms with Crippen molar-refractivity contribution >= 4 is 34.3 Å². The van der Waals surface area contributed by atoms with Gasteiger partial charge >= 0.3 is 0 Å². The van der Waals surface area contributed by atoms with Crippen LogP contribution in [0.3, 0.4) is 0 Å². The van der Waals surface area contributed by atoms with Gasteiger partial charge in [-0.2, -0.15) is 11.8 Å². The van der Waals surface area contributed by atoms with Crippen molar-refractivity contribution in [3.63, 3.8) is 0 Å². The van der Waals surface area contributed by atoms with E-state index in [1.165, 1.54) is 5.39 Å². The minimum Gasteiger partial charge on any atom is -0.345 e. The number of thioether (sulfide) groups is 1. The first-order valence-electron chi connectivity index (χ1n) is 4.55. The molecule has 0 amide bonds. The standard InChI is InChI=1S/C11H12ClNS/c1-14-8-7-13-6-5-9-3-2-4-10(12)11(9)13/h2-6H,7-8H2,1H3. The molecule has 1 heterocycles. The molecule has 1 nitrogen and oxygen atoms in total. The maximum atomic E-state index is 6.15. The average molecular weight is 226 g/mol. The average Bonchev–Trinajstić information content (AvgIpc) is 2.59. The highest BCUT2D eigenvalue weighted by atomic mass is 35.5. The van der Waals surface area contributed by atoms with Crippen molar-refractivity contribution in [2.24, 2.45) is 0 Å². The van der Waals surface area contributed by atoms with Gasteiger partial charge in [0.25, 0.3) is 0 Å². The fourth-order valence-corrected chi connectivity index (χ4v) is 2.26. The lowest BCUT2D eigenvalue weighted by atomic mass is 10.2. The summed E-state index contributed by atoms with van der Waals surface area (Å²) in [5.41, 5.74) is 1.16. The number of halogens is 1. The Labute approximate surface area is 93.1 Å². The van der Waals surface area contributed by atoms with Crippen molar-refractivity contribution in [3.05, 3.63) is 35.5 Å². The zero-order chi connectivity index (χ0) is 9.97. The highest BCUT2D eigenvalue weighted by molar-refractivity contribution is 7.98. The van der Waals surface area contributed by atoms with Gasteiger partial charge in [-0.05, 0) is 18.4 Å². The number of aryl methyl sites for hydroxylation is 1. The third-order valence-corrected chi connectivity index (χ3v) is 3.17. The first-order chi connectivity index (χ1) is 6.83. The molecule has 0 saturated carbocycles. The highest BCUT2D eigenvalue weighted by Gasteiger charge is 2.03. The van der Waals surface area contributed by atoms with Crippen molar-refractivity contribution in [1.29, 1.82) is 0 Å². The van der Waals surface area contributed by atoms with E-state index in [1.54, 1.807) is 0 Å². The normalized spacial score (nSPS) is 11.0. The lowest BCUT2D eigenvalue weighted by Crippen LogP contribution is -1.98. The Morgan fingerprint density at radius 2 is 2.21 bits per heavy atom. The predicted octanol–water partition coefficient (Wildman–Crippen LogP) is 3.66. The Morgan fingerprint density at radius 3 is 3.00 bits per heavy atom. The van der Waals surface area contributed by atoms with Gasteiger partial charge in [0.05, 0.1) is 10.5 Å². The molecule has 74 valence electrons. The van der Waals surface area contributed by atoms with Gasteiger partial charge in [-0.15, -0.1) is 0 Å². The Morgan fingerprint density at radius 1 is 1.36 bits per heavy atom. The summed E-state index contributed by atoms with van der Waals surface area (Å²) in [6.45, 7) is 1.02. The van der Waals surface area contributed by atoms with Crippen LogP contribution in [-0.2, 0) is 6.54 Å². The van der Waals surface area contributed by atoms with Crippen LogP contribution in [0.5, 0.6) is 0 Å². The minimum absolute atomic E-state index is 0.841. The molecule has 0 aliphatic heterocycles. The van der Waals surface area contributed by atoms with Gasteiger partial charge in [0.2, 0.25) is 0 Å². The second kappa shape index (κ2) is 4.28. The molecule has 14 heavy (non-hydrogen) atoms. The van der Waals surface area contributed by atoms with Gasteiger partial charge in [-0.1, -0.05) is 23.7 Å². The van der Waals surface area contributed by atoms with E-state index in [4.69, 9.17) is 11.6 Å². The van der Waals surface area contributed by atoms with Crippen LogP contribution in [0, 0.1) is 0 Å². The quantitative estimate of drug-likeness (QED) is 0.772. The van der Waals surface area contributed by atoms with E-state index in [1.807, 2.05) is 23.9 Å². The van der Waals surface area contributed by atoms with Crippen LogP contribution < -0.4 is 0 Å². The minimum atomic E-state index is 0.841. The van der Waals surface area contributed by atoms with Crippen LogP contribution in [-0.4, -0.2) is 16.6 Å². The van der Waals surface area contributed by atoms with Gasteiger partial charge in [0.15, 0.2) is 0 Å². The summed E-state index contributed by atoms with van der Waals surface area (Å²) in [4.78, 5) is 0. The van der Waals surface area contributed by atoms with E-state index in [9.17, 15) is 0 Å². The number of aromatic nitrogens is 1. The molecule has 0 bridgehead atoms. The Balaban J connectivity index is 2.45. The summed E-state index contributed by atoms with van der Waals surface area (Å²) >= 11 is 8.01. The lowest BCUT2D eigenvalue weighted by molar-refractivity contribution is 0.808. The van der Waals surface area contributed by atoms with Crippen LogP contribution in [0.15, 0.2) is 30.5 Å². The van der Waals surface area contributed by atoms with Gasteiger partial charge in [-0.3, -0.25) is 0 Å². The SMILES string of the molecule is CSCCn1ccc2cccc(Cl)c21. The van der Waals surface area contributed by atoms with Crippen molar-refractivity contribution < 1.29 is 0 Å². The van der Waals surface area contributed by atoms with Gasteiger partial charge in [0.1, 0.15) is 0 Å².